The molecule has 0 radical (unpaired) electrons. The molecular weight excluding hydrogens is 373 g/mol. The number of halogens is 3. The van der Waals surface area contributed by atoms with E-state index in [-0.39, 0.29) is 12.5 Å². The van der Waals surface area contributed by atoms with Gasteiger partial charge < -0.3 is 15.4 Å². The van der Waals surface area contributed by atoms with Crippen LogP contribution in [0.3, 0.4) is 0 Å². The number of nitrogens with one attached hydrogen (secondary N) is 2. The molecule has 1 aliphatic carbocycles. The van der Waals surface area contributed by atoms with Gasteiger partial charge in [0.2, 0.25) is 11.5 Å². The van der Waals surface area contributed by atoms with E-state index in [9.17, 15) is 22.8 Å². The van der Waals surface area contributed by atoms with E-state index in [0.29, 0.717) is 35.2 Å². The van der Waals surface area contributed by atoms with Crippen LogP contribution in [0.25, 0.3) is 17.3 Å². The maximum atomic E-state index is 12.8. The molecule has 3 N–H and O–H groups in total. The van der Waals surface area contributed by atoms with Crippen molar-refractivity contribution in [3.63, 3.8) is 0 Å². The maximum Gasteiger partial charge on any atom is 0.416 e. The van der Waals surface area contributed by atoms with E-state index in [1.165, 1.54) is 18.2 Å². The number of carbonyl (C=O) groups excluding carboxylic acids is 1. The van der Waals surface area contributed by atoms with Gasteiger partial charge in [-0.2, -0.15) is 13.2 Å². The first-order valence-corrected chi connectivity index (χ1v) is 8.75. The Hall–Kier alpha value is -2.87. The van der Waals surface area contributed by atoms with Crippen LogP contribution in [0.4, 0.5) is 13.2 Å². The topological polar surface area (TPSA) is 82.2 Å². The lowest BCUT2D eigenvalue weighted by Crippen LogP contribution is -2.36. The van der Waals surface area contributed by atoms with Crippen LogP contribution in [0.5, 0.6) is 0 Å². The van der Waals surface area contributed by atoms with Gasteiger partial charge in [-0.1, -0.05) is 12.1 Å². The van der Waals surface area contributed by atoms with Crippen LogP contribution in [-0.4, -0.2) is 28.6 Å². The number of pyridine rings is 1. The first kappa shape index (κ1) is 19.9. The zero-order valence-electron chi connectivity index (χ0n) is 15.1. The van der Waals surface area contributed by atoms with E-state index in [4.69, 9.17) is 5.11 Å². The molecule has 5 nitrogen and oxygen atoms in total. The molecule has 28 heavy (non-hydrogen) atoms. The van der Waals surface area contributed by atoms with Gasteiger partial charge in [-0.05, 0) is 54.7 Å². The fraction of sp³-hybridized carbons (Fsp3) is 0.300. The van der Waals surface area contributed by atoms with Crippen molar-refractivity contribution in [3.05, 3.63) is 62.9 Å². The van der Waals surface area contributed by atoms with Crippen molar-refractivity contribution in [2.45, 2.75) is 32.0 Å². The highest BCUT2D eigenvalue weighted by atomic mass is 19.4. The van der Waals surface area contributed by atoms with E-state index < -0.39 is 23.3 Å². The number of rotatable bonds is 4. The van der Waals surface area contributed by atoms with Gasteiger partial charge in [-0.3, -0.25) is 9.59 Å². The number of amides is 1. The Morgan fingerprint density at radius 3 is 2.54 bits per heavy atom. The summed E-state index contributed by atoms with van der Waals surface area (Å²) in [5, 5.41) is 11.7. The van der Waals surface area contributed by atoms with E-state index in [1.54, 1.807) is 13.0 Å². The molecule has 0 saturated carbocycles. The Kier molecular flexibility index (Phi) is 5.42. The Balaban J connectivity index is 1.98. The number of fused-ring (bicyclic) bond motifs is 1. The lowest BCUT2D eigenvalue weighted by atomic mass is 9.89. The molecule has 1 aromatic carbocycles. The second kappa shape index (κ2) is 7.63. The molecule has 0 aliphatic heterocycles. The summed E-state index contributed by atoms with van der Waals surface area (Å²) in [5.41, 5.74) is 1.57. The molecule has 0 unspecified atom stereocenters. The van der Waals surface area contributed by atoms with Gasteiger partial charge >= 0.3 is 6.18 Å². The van der Waals surface area contributed by atoms with Crippen molar-refractivity contribution in [2.75, 3.05) is 6.61 Å². The minimum absolute atomic E-state index is 0.187. The number of aliphatic hydroxyl groups excluding tert-OH is 1. The largest absolute Gasteiger partial charge is 0.416 e. The third-order valence-electron chi connectivity index (χ3n) is 4.60. The summed E-state index contributed by atoms with van der Waals surface area (Å²) in [6.45, 7) is 1.48. The first-order valence-electron chi connectivity index (χ1n) is 8.75. The summed E-state index contributed by atoms with van der Waals surface area (Å²) in [6, 6.07) is 5.57. The van der Waals surface area contributed by atoms with Crippen LogP contribution in [-0.2, 0) is 17.4 Å². The van der Waals surface area contributed by atoms with Crippen LogP contribution >= 0.6 is 0 Å². The number of hydrogen-bond donors (Lipinski definition) is 3. The average Bonchev–Trinajstić information content (AvgIpc) is 2.66. The second-order valence-corrected chi connectivity index (χ2v) is 6.74. The van der Waals surface area contributed by atoms with Gasteiger partial charge in [0, 0.05) is 17.7 Å². The SMILES string of the molecule is C[C@H](CO)NC(=O)C1=Cc2cc(=O)[nH]c(-c3ccc(C(F)(F)F)cc3)c2CC1. The molecule has 0 saturated heterocycles. The zero-order valence-corrected chi connectivity index (χ0v) is 15.1. The predicted octanol–water partition coefficient (Wildman–Crippen LogP) is 2.89. The summed E-state index contributed by atoms with van der Waals surface area (Å²) >= 11 is 0. The van der Waals surface area contributed by atoms with Gasteiger partial charge in [0.15, 0.2) is 0 Å². The summed E-state index contributed by atoms with van der Waals surface area (Å²) in [7, 11) is 0. The number of hydrogen-bond acceptors (Lipinski definition) is 3. The fourth-order valence-electron chi connectivity index (χ4n) is 3.14. The lowest BCUT2D eigenvalue weighted by Gasteiger charge is -2.20. The molecular formula is C20H19F3N2O3. The number of H-pyrrole nitrogens is 1. The molecule has 8 heteroatoms. The van der Waals surface area contributed by atoms with Crippen molar-refractivity contribution in [1.82, 2.24) is 10.3 Å². The Morgan fingerprint density at radius 2 is 1.93 bits per heavy atom. The first-order chi connectivity index (χ1) is 13.2. The third kappa shape index (κ3) is 4.17. The van der Waals surface area contributed by atoms with Crippen molar-refractivity contribution < 1.29 is 23.1 Å². The molecule has 0 bridgehead atoms. The number of aliphatic hydroxyl groups is 1. The molecule has 1 aliphatic rings. The second-order valence-electron chi connectivity index (χ2n) is 6.74. The van der Waals surface area contributed by atoms with Crippen molar-refractivity contribution in [3.8, 4) is 11.3 Å². The molecule has 2 aromatic rings. The van der Waals surface area contributed by atoms with Gasteiger partial charge in [0.25, 0.3) is 0 Å². The Morgan fingerprint density at radius 1 is 1.25 bits per heavy atom. The number of alkyl halides is 3. The number of aromatic amines is 1. The van der Waals surface area contributed by atoms with Crippen molar-refractivity contribution >= 4 is 12.0 Å². The van der Waals surface area contributed by atoms with E-state index in [2.05, 4.69) is 10.3 Å². The monoisotopic (exact) mass is 392 g/mol. The van der Waals surface area contributed by atoms with Gasteiger partial charge in [0.1, 0.15) is 0 Å². The molecule has 0 fully saturated rings. The molecule has 1 amide bonds. The van der Waals surface area contributed by atoms with Crippen molar-refractivity contribution in [1.29, 1.82) is 0 Å². The van der Waals surface area contributed by atoms with E-state index >= 15 is 0 Å². The van der Waals surface area contributed by atoms with Gasteiger partial charge in [0.05, 0.1) is 17.9 Å². The van der Waals surface area contributed by atoms with Crippen LogP contribution in [0.2, 0.25) is 0 Å². The van der Waals surface area contributed by atoms with Gasteiger partial charge in [-0.15, -0.1) is 0 Å². The number of carbonyl (C=O) groups is 1. The smallest absolute Gasteiger partial charge is 0.394 e. The molecule has 1 aromatic heterocycles. The van der Waals surface area contributed by atoms with Gasteiger partial charge in [-0.25, -0.2) is 0 Å². The van der Waals surface area contributed by atoms with Crippen LogP contribution < -0.4 is 10.9 Å². The van der Waals surface area contributed by atoms with Crippen molar-refractivity contribution in [2.24, 2.45) is 0 Å². The summed E-state index contributed by atoms with van der Waals surface area (Å²) in [6.07, 6.45) is -1.95. The maximum absolute atomic E-state index is 12.8. The van der Waals surface area contributed by atoms with E-state index in [1.807, 2.05) is 0 Å². The molecule has 1 atom stereocenters. The minimum atomic E-state index is -4.43. The highest BCUT2D eigenvalue weighted by Crippen LogP contribution is 2.33. The zero-order chi connectivity index (χ0) is 20.5. The van der Waals surface area contributed by atoms with Crippen LogP contribution in [0.15, 0.2) is 40.7 Å². The third-order valence-corrected chi connectivity index (χ3v) is 4.60. The summed E-state index contributed by atoms with van der Waals surface area (Å²) in [4.78, 5) is 27.0. The quantitative estimate of drug-likeness (QED) is 0.748. The molecule has 3 rings (SSSR count). The average molecular weight is 392 g/mol. The highest BCUT2D eigenvalue weighted by molar-refractivity contribution is 5.99. The molecule has 148 valence electrons. The van der Waals surface area contributed by atoms with E-state index in [0.717, 1.165) is 17.7 Å². The lowest BCUT2D eigenvalue weighted by molar-refractivity contribution is -0.137. The highest BCUT2D eigenvalue weighted by Gasteiger charge is 2.30. The van der Waals surface area contributed by atoms with Crippen LogP contribution in [0.1, 0.15) is 30.0 Å². The summed E-state index contributed by atoms with van der Waals surface area (Å²) in [5.74, 6) is -0.316. The number of benzene rings is 1. The summed E-state index contributed by atoms with van der Waals surface area (Å²) < 4.78 is 38.3. The standard InChI is InChI=1S/C20H19F3N2O3/c1-11(10-26)24-19(28)13-4-7-16-14(8-13)9-17(27)25-18(16)12-2-5-15(6-3-12)20(21,22)23/h2-3,5-6,8-9,11,26H,4,7,10H2,1H3,(H,24,28)(H,25,27)/t11-/m1/s1. The predicted molar refractivity (Wildman–Crippen MR) is 98.5 cm³/mol. The molecule has 1 heterocycles. The normalized spacial score (nSPS) is 14.8. The molecule has 0 spiro atoms. The fourth-order valence-corrected chi connectivity index (χ4v) is 3.14. The Labute approximate surface area is 158 Å². The van der Waals surface area contributed by atoms with Crippen LogP contribution in [0, 0.1) is 0 Å². The minimum Gasteiger partial charge on any atom is -0.394 e. The number of aromatic nitrogens is 1. The Bertz CT molecular complexity index is 976.